The third kappa shape index (κ3) is 3.78. The van der Waals surface area contributed by atoms with Gasteiger partial charge in [0, 0.05) is 11.6 Å². The van der Waals surface area contributed by atoms with E-state index in [1.807, 2.05) is 24.3 Å². The minimum absolute atomic E-state index is 0.140. The van der Waals surface area contributed by atoms with Gasteiger partial charge in [-0.3, -0.25) is 4.79 Å². The lowest BCUT2D eigenvalue weighted by atomic mass is 9.99. The second kappa shape index (κ2) is 7.01. The maximum absolute atomic E-state index is 10.6. The van der Waals surface area contributed by atoms with E-state index in [1.165, 1.54) is 16.7 Å². The van der Waals surface area contributed by atoms with Gasteiger partial charge in [0.1, 0.15) is 6.29 Å². The molecule has 0 aliphatic rings. The SMILES string of the molecule is CCCC(N)c1ccc(Cc2ccc(C=O)cc2)cc1. The largest absolute Gasteiger partial charge is 0.324 e. The van der Waals surface area contributed by atoms with E-state index in [4.69, 9.17) is 5.73 Å². The fourth-order valence-electron chi connectivity index (χ4n) is 2.31. The third-order valence-corrected chi connectivity index (χ3v) is 3.53. The molecule has 0 saturated heterocycles. The Labute approximate surface area is 120 Å². The summed E-state index contributed by atoms with van der Waals surface area (Å²) in [6, 6.07) is 16.4. The minimum Gasteiger partial charge on any atom is -0.324 e. The zero-order chi connectivity index (χ0) is 14.4. The highest BCUT2D eigenvalue weighted by atomic mass is 16.1. The normalized spacial score (nSPS) is 12.1. The summed E-state index contributed by atoms with van der Waals surface area (Å²) in [7, 11) is 0. The average molecular weight is 267 g/mol. The summed E-state index contributed by atoms with van der Waals surface area (Å²) in [5.74, 6) is 0. The van der Waals surface area contributed by atoms with Crippen molar-refractivity contribution in [2.75, 3.05) is 0 Å². The van der Waals surface area contributed by atoms with Crippen molar-refractivity contribution in [2.45, 2.75) is 32.2 Å². The van der Waals surface area contributed by atoms with Crippen LogP contribution in [0.5, 0.6) is 0 Å². The predicted octanol–water partition coefficient (Wildman–Crippen LogP) is 3.89. The quantitative estimate of drug-likeness (QED) is 0.807. The van der Waals surface area contributed by atoms with E-state index in [2.05, 4.69) is 31.2 Å². The number of carbonyl (C=O) groups is 1. The molecule has 0 aliphatic carbocycles. The topological polar surface area (TPSA) is 43.1 Å². The molecule has 2 N–H and O–H groups in total. The van der Waals surface area contributed by atoms with Gasteiger partial charge >= 0.3 is 0 Å². The Kier molecular flexibility index (Phi) is 5.08. The molecule has 0 amide bonds. The smallest absolute Gasteiger partial charge is 0.150 e. The summed E-state index contributed by atoms with van der Waals surface area (Å²) < 4.78 is 0. The first-order chi connectivity index (χ1) is 9.72. The summed E-state index contributed by atoms with van der Waals surface area (Å²) in [6.45, 7) is 2.15. The van der Waals surface area contributed by atoms with Crippen LogP contribution in [0.15, 0.2) is 48.5 Å². The van der Waals surface area contributed by atoms with Gasteiger partial charge in [-0.1, -0.05) is 61.9 Å². The molecule has 0 saturated carbocycles. The zero-order valence-electron chi connectivity index (χ0n) is 11.9. The number of rotatable bonds is 6. The lowest BCUT2D eigenvalue weighted by Gasteiger charge is -2.11. The van der Waals surface area contributed by atoms with Crippen molar-refractivity contribution >= 4 is 6.29 Å². The maximum Gasteiger partial charge on any atom is 0.150 e. The highest BCUT2D eigenvalue weighted by Crippen LogP contribution is 2.18. The molecular weight excluding hydrogens is 246 g/mol. The Morgan fingerprint density at radius 3 is 2.05 bits per heavy atom. The van der Waals surface area contributed by atoms with Crippen molar-refractivity contribution in [3.05, 3.63) is 70.8 Å². The second-order valence-electron chi connectivity index (χ2n) is 5.17. The minimum atomic E-state index is 0.140. The number of hydrogen-bond donors (Lipinski definition) is 1. The van der Waals surface area contributed by atoms with E-state index in [9.17, 15) is 4.79 Å². The number of benzene rings is 2. The van der Waals surface area contributed by atoms with E-state index in [0.29, 0.717) is 0 Å². The molecule has 1 unspecified atom stereocenters. The van der Waals surface area contributed by atoms with Crippen LogP contribution in [0, 0.1) is 0 Å². The van der Waals surface area contributed by atoms with Gasteiger partial charge in [-0.2, -0.15) is 0 Å². The predicted molar refractivity (Wildman–Crippen MR) is 82.9 cm³/mol. The molecule has 0 fully saturated rings. The molecule has 0 aromatic heterocycles. The summed E-state index contributed by atoms with van der Waals surface area (Å²) in [5.41, 5.74) is 10.5. The van der Waals surface area contributed by atoms with E-state index >= 15 is 0 Å². The van der Waals surface area contributed by atoms with Crippen LogP contribution in [0.4, 0.5) is 0 Å². The number of aldehydes is 1. The van der Waals surface area contributed by atoms with Gasteiger partial charge in [-0.15, -0.1) is 0 Å². The number of carbonyl (C=O) groups excluding carboxylic acids is 1. The highest BCUT2D eigenvalue weighted by Gasteiger charge is 2.04. The molecule has 0 radical (unpaired) electrons. The Balaban J connectivity index is 2.04. The standard InChI is InChI=1S/C18H21NO/c1-2-3-18(19)17-10-8-15(9-11-17)12-14-4-6-16(13-20)7-5-14/h4-11,13,18H,2-3,12,19H2,1H3. The molecule has 0 aliphatic heterocycles. The Morgan fingerprint density at radius 2 is 1.55 bits per heavy atom. The maximum atomic E-state index is 10.6. The van der Waals surface area contributed by atoms with Crippen molar-refractivity contribution in [1.29, 1.82) is 0 Å². The molecule has 0 heterocycles. The first-order valence-corrected chi connectivity index (χ1v) is 7.11. The molecule has 2 aromatic rings. The molecular formula is C18H21NO. The van der Waals surface area contributed by atoms with Gasteiger partial charge in [0.15, 0.2) is 0 Å². The van der Waals surface area contributed by atoms with E-state index in [0.717, 1.165) is 31.1 Å². The number of hydrogen-bond acceptors (Lipinski definition) is 2. The van der Waals surface area contributed by atoms with Gasteiger partial charge < -0.3 is 5.73 Å². The molecule has 2 rings (SSSR count). The zero-order valence-corrected chi connectivity index (χ0v) is 11.9. The van der Waals surface area contributed by atoms with Crippen LogP contribution in [0.3, 0.4) is 0 Å². The van der Waals surface area contributed by atoms with Crippen LogP contribution in [-0.4, -0.2) is 6.29 Å². The molecule has 2 nitrogen and oxygen atoms in total. The van der Waals surface area contributed by atoms with Crippen molar-refractivity contribution in [3.63, 3.8) is 0 Å². The Morgan fingerprint density at radius 1 is 1.00 bits per heavy atom. The van der Waals surface area contributed by atoms with Crippen LogP contribution in [0.2, 0.25) is 0 Å². The van der Waals surface area contributed by atoms with E-state index < -0.39 is 0 Å². The Hall–Kier alpha value is -1.93. The number of nitrogens with two attached hydrogens (primary N) is 1. The van der Waals surface area contributed by atoms with Gasteiger partial charge in [0.25, 0.3) is 0 Å². The van der Waals surface area contributed by atoms with Gasteiger partial charge in [0.2, 0.25) is 0 Å². The lowest BCUT2D eigenvalue weighted by Crippen LogP contribution is -2.09. The third-order valence-electron chi connectivity index (χ3n) is 3.53. The molecule has 2 heteroatoms. The van der Waals surface area contributed by atoms with E-state index in [-0.39, 0.29) is 6.04 Å². The Bertz CT molecular complexity index is 543. The van der Waals surface area contributed by atoms with Crippen LogP contribution in [0.1, 0.15) is 52.9 Å². The molecule has 0 bridgehead atoms. The second-order valence-corrected chi connectivity index (χ2v) is 5.17. The average Bonchev–Trinajstić information content (AvgIpc) is 2.49. The van der Waals surface area contributed by atoms with Gasteiger partial charge in [-0.05, 0) is 29.5 Å². The van der Waals surface area contributed by atoms with Crippen molar-refractivity contribution < 1.29 is 4.79 Å². The van der Waals surface area contributed by atoms with Gasteiger partial charge in [-0.25, -0.2) is 0 Å². The monoisotopic (exact) mass is 267 g/mol. The van der Waals surface area contributed by atoms with E-state index in [1.54, 1.807) is 0 Å². The molecule has 1 atom stereocenters. The van der Waals surface area contributed by atoms with Crippen LogP contribution in [0.25, 0.3) is 0 Å². The van der Waals surface area contributed by atoms with Crippen molar-refractivity contribution in [2.24, 2.45) is 5.73 Å². The summed E-state index contributed by atoms with van der Waals surface area (Å²) in [6.07, 6.45) is 3.87. The molecule has 104 valence electrons. The summed E-state index contributed by atoms with van der Waals surface area (Å²) in [4.78, 5) is 10.6. The lowest BCUT2D eigenvalue weighted by molar-refractivity contribution is 0.112. The van der Waals surface area contributed by atoms with Crippen molar-refractivity contribution in [3.8, 4) is 0 Å². The van der Waals surface area contributed by atoms with Crippen LogP contribution in [-0.2, 0) is 6.42 Å². The van der Waals surface area contributed by atoms with Crippen LogP contribution < -0.4 is 5.73 Å². The van der Waals surface area contributed by atoms with Crippen molar-refractivity contribution in [1.82, 2.24) is 0 Å². The molecule has 2 aromatic carbocycles. The first kappa shape index (κ1) is 14.5. The summed E-state index contributed by atoms with van der Waals surface area (Å²) >= 11 is 0. The molecule has 0 spiro atoms. The van der Waals surface area contributed by atoms with Crippen LogP contribution >= 0.6 is 0 Å². The fourth-order valence-corrected chi connectivity index (χ4v) is 2.31. The molecule has 20 heavy (non-hydrogen) atoms. The first-order valence-electron chi connectivity index (χ1n) is 7.11. The summed E-state index contributed by atoms with van der Waals surface area (Å²) in [5, 5.41) is 0. The fraction of sp³-hybridized carbons (Fsp3) is 0.278. The highest BCUT2D eigenvalue weighted by molar-refractivity contribution is 5.74. The van der Waals surface area contributed by atoms with Gasteiger partial charge in [0.05, 0.1) is 0 Å².